The molecule has 1 fully saturated rings. The molecule has 1 aliphatic rings. The van der Waals surface area contributed by atoms with E-state index < -0.39 is 5.60 Å². The SMILES string of the molecule is Cc1cnc(N)c2c(-c3ccc(C(=O)Nc4ccccn4)cc3Cl)nn([C@@H]3CCCN(C(=O)OC(C)(C)C)C3)c12. The summed E-state index contributed by atoms with van der Waals surface area (Å²) in [5.74, 6) is 0.443. The van der Waals surface area contributed by atoms with Crippen LogP contribution in [0.5, 0.6) is 0 Å². The van der Waals surface area contributed by atoms with Gasteiger partial charge in [-0.2, -0.15) is 5.10 Å². The van der Waals surface area contributed by atoms with Crippen LogP contribution in [0.3, 0.4) is 0 Å². The number of benzene rings is 1. The summed E-state index contributed by atoms with van der Waals surface area (Å²) >= 11 is 6.75. The van der Waals surface area contributed by atoms with Gasteiger partial charge in [-0.1, -0.05) is 23.7 Å². The van der Waals surface area contributed by atoms with Crippen molar-refractivity contribution in [2.45, 2.75) is 52.2 Å². The molecule has 5 rings (SSSR count). The van der Waals surface area contributed by atoms with Crippen molar-refractivity contribution in [3.05, 3.63) is 64.9 Å². The maximum Gasteiger partial charge on any atom is 0.410 e. The number of amides is 2. The van der Waals surface area contributed by atoms with Crippen molar-refractivity contribution in [1.29, 1.82) is 0 Å². The first-order valence-corrected chi connectivity index (χ1v) is 13.5. The van der Waals surface area contributed by atoms with Crippen LogP contribution in [0.1, 0.15) is 55.6 Å². The highest BCUT2D eigenvalue weighted by Crippen LogP contribution is 2.39. The van der Waals surface area contributed by atoms with Gasteiger partial charge in [0.15, 0.2) is 0 Å². The molecule has 0 spiro atoms. The number of nitrogen functional groups attached to an aromatic ring is 1. The Kier molecular flexibility index (Phi) is 7.37. The number of ether oxygens (including phenoxy) is 1. The molecule has 10 nitrogen and oxygen atoms in total. The molecule has 0 saturated carbocycles. The van der Waals surface area contributed by atoms with E-state index in [0.29, 0.717) is 52.0 Å². The summed E-state index contributed by atoms with van der Waals surface area (Å²) in [4.78, 5) is 35.9. The van der Waals surface area contributed by atoms with Crippen LogP contribution < -0.4 is 11.1 Å². The summed E-state index contributed by atoms with van der Waals surface area (Å²) in [6, 6.07) is 10.2. The van der Waals surface area contributed by atoms with Crippen LogP contribution in [0.15, 0.2) is 48.8 Å². The minimum atomic E-state index is -0.580. The number of carbonyl (C=O) groups is 2. The predicted molar refractivity (Wildman–Crippen MR) is 155 cm³/mol. The van der Waals surface area contributed by atoms with Gasteiger partial charge < -0.3 is 20.7 Å². The van der Waals surface area contributed by atoms with Crippen LogP contribution in [0.25, 0.3) is 22.2 Å². The number of fused-ring (bicyclic) bond motifs is 1. The lowest BCUT2D eigenvalue weighted by molar-refractivity contribution is 0.0169. The number of anilines is 2. The molecule has 3 aromatic heterocycles. The second-order valence-corrected chi connectivity index (χ2v) is 11.3. The fourth-order valence-corrected chi connectivity index (χ4v) is 5.19. The van der Waals surface area contributed by atoms with Crippen molar-refractivity contribution >= 4 is 46.1 Å². The van der Waals surface area contributed by atoms with Gasteiger partial charge in [-0.15, -0.1) is 0 Å². The van der Waals surface area contributed by atoms with Gasteiger partial charge in [0.2, 0.25) is 0 Å². The van der Waals surface area contributed by atoms with Crippen LogP contribution >= 0.6 is 11.6 Å². The monoisotopic (exact) mass is 561 g/mol. The number of likely N-dealkylation sites (tertiary alicyclic amines) is 1. The van der Waals surface area contributed by atoms with E-state index in [0.717, 1.165) is 23.9 Å². The van der Waals surface area contributed by atoms with Crippen molar-refractivity contribution in [3.63, 3.8) is 0 Å². The maximum absolute atomic E-state index is 12.8. The smallest absolute Gasteiger partial charge is 0.410 e. The van der Waals surface area contributed by atoms with E-state index in [2.05, 4.69) is 15.3 Å². The first-order valence-electron chi connectivity index (χ1n) is 13.2. The van der Waals surface area contributed by atoms with Gasteiger partial charge >= 0.3 is 6.09 Å². The Morgan fingerprint density at radius 3 is 2.67 bits per heavy atom. The number of nitrogens with two attached hydrogens (primary N) is 1. The largest absolute Gasteiger partial charge is 0.444 e. The van der Waals surface area contributed by atoms with Gasteiger partial charge in [0.25, 0.3) is 5.91 Å². The molecule has 4 aromatic rings. The molecular weight excluding hydrogens is 530 g/mol. The molecule has 208 valence electrons. The Balaban J connectivity index is 1.51. The fourth-order valence-electron chi connectivity index (χ4n) is 4.92. The summed E-state index contributed by atoms with van der Waals surface area (Å²) < 4.78 is 7.56. The number of halogens is 1. The molecule has 40 heavy (non-hydrogen) atoms. The normalized spacial score (nSPS) is 15.7. The fraction of sp³-hybridized carbons (Fsp3) is 0.345. The Morgan fingerprint density at radius 1 is 1.18 bits per heavy atom. The highest BCUT2D eigenvalue weighted by Gasteiger charge is 2.31. The summed E-state index contributed by atoms with van der Waals surface area (Å²) in [6.45, 7) is 8.60. The molecule has 0 bridgehead atoms. The van der Waals surface area contributed by atoms with E-state index >= 15 is 0 Å². The van der Waals surface area contributed by atoms with Crippen molar-refractivity contribution < 1.29 is 14.3 Å². The highest BCUT2D eigenvalue weighted by molar-refractivity contribution is 6.34. The molecule has 2 amide bonds. The van der Waals surface area contributed by atoms with Gasteiger partial charge in [-0.05, 0) is 70.4 Å². The maximum atomic E-state index is 12.8. The van der Waals surface area contributed by atoms with Crippen LogP contribution in [-0.2, 0) is 4.74 Å². The lowest BCUT2D eigenvalue weighted by atomic mass is 10.0. The first kappa shape index (κ1) is 27.4. The number of hydrogen-bond donors (Lipinski definition) is 2. The third-order valence-electron chi connectivity index (χ3n) is 6.72. The second kappa shape index (κ2) is 10.8. The number of aromatic nitrogens is 4. The summed E-state index contributed by atoms with van der Waals surface area (Å²) in [5, 5.41) is 8.79. The van der Waals surface area contributed by atoms with Crippen LogP contribution in [-0.4, -0.2) is 55.3 Å². The molecule has 11 heteroatoms. The molecule has 4 heterocycles. The topological polar surface area (TPSA) is 128 Å². The average molecular weight is 562 g/mol. The summed E-state index contributed by atoms with van der Waals surface area (Å²) in [5.41, 5.74) is 9.14. The average Bonchev–Trinajstić information content (AvgIpc) is 3.32. The van der Waals surface area contributed by atoms with Gasteiger partial charge in [0.1, 0.15) is 22.9 Å². The van der Waals surface area contributed by atoms with Crippen molar-refractivity contribution in [3.8, 4) is 11.3 Å². The van der Waals surface area contributed by atoms with Crippen molar-refractivity contribution in [2.24, 2.45) is 0 Å². The first-order chi connectivity index (χ1) is 19.0. The number of nitrogens with zero attached hydrogens (tertiary/aromatic N) is 5. The number of nitrogens with one attached hydrogen (secondary N) is 1. The molecule has 0 aliphatic carbocycles. The van der Waals surface area contributed by atoms with Crippen LogP contribution in [0.2, 0.25) is 5.02 Å². The van der Waals surface area contributed by atoms with E-state index in [-0.39, 0.29) is 18.0 Å². The molecular formula is C29H32ClN7O3. The third kappa shape index (κ3) is 5.58. The minimum Gasteiger partial charge on any atom is -0.444 e. The van der Waals surface area contributed by atoms with E-state index in [1.807, 2.05) is 32.4 Å². The zero-order valence-electron chi connectivity index (χ0n) is 22.9. The Bertz CT molecular complexity index is 1580. The number of rotatable bonds is 4. The molecule has 1 aliphatic heterocycles. The van der Waals surface area contributed by atoms with Gasteiger partial charge in [0, 0.05) is 36.6 Å². The second-order valence-electron chi connectivity index (χ2n) is 10.9. The summed E-state index contributed by atoms with van der Waals surface area (Å²) in [6.07, 6.45) is 4.63. The van der Waals surface area contributed by atoms with Crippen LogP contribution in [0.4, 0.5) is 16.4 Å². The number of aryl methyl sites for hydroxylation is 1. The standard InChI is InChI=1S/C29H32ClN7O3/c1-17-15-33-26(31)23-24(20-11-10-18(14-21(20)30)27(38)34-22-9-5-6-12-32-22)35-37(25(17)23)19-8-7-13-36(16-19)28(39)40-29(2,3)4/h5-6,9-12,14-15,19H,7-8,13,16H2,1-4H3,(H2,31,33)(H,32,34,38)/t19-/m1/s1. The van der Waals surface area contributed by atoms with E-state index in [9.17, 15) is 9.59 Å². The predicted octanol–water partition coefficient (Wildman–Crippen LogP) is 5.86. The van der Waals surface area contributed by atoms with Crippen molar-refractivity contribution in [2.75, 3.05) is 24.1 Å². The van der Waals surface area contributed by atoms with Gasteiger partial charge in [0.05, 0.1) is 22.0 Å². The Morgan fingerprint density at radius 2 is 1.98 bits per heavy atom. The van der Waals surface area contributed by atoms with Gasteiger partial charge in [-0.3, -0.25) is 9.48 Å². The molecule has 0 unspecified atom stereocenters. The van der Waals surface area contributed by atoms with Crippen molar-refractivity contribution in [1.82, 2.24) is 24.6 Å². The number of hydrogen-bond acceptors (Lipinski definition) is 7. The third-order valence-corrected chi connectivity index (χ3v) is 7.04. The lowest BCUT2D eigenvalue weighted by Crippen LogP contribution is -2.43. The molecule has 1 saturated heterocycles. The number of piperidine rings is 1. The molecule has 1 aromatic carbocycles. The van der Waals surface area contributed by atoms with Gasteiger partial charge in [-0.25, -0.2) is 14.8 Å². The summed E-state index contributed by atoms with van der Waals surface area (Å²) in [7, 11) is 0. The quantitative estimate of drug-likeness (QED) is 0.319. The van der Waals surface area contributed by atoms with Crippen LogP contribution in [0, 0.1) is 6.92 Å². The Labute approximate surface area is 237 Å². The molecule has 1 atom stereocenters. The van der Waals surface area contributed by atoms with E-state index in [1.54, 1.807) is 53.7 Å². The number of carbonyl (C=O) groups excluding carboxylic acids is 2. The zero-order valence-corrected chi connectivity index (χ0v) is 23.7. The zero-order chi connectivity index (χ0) is 28.6. The number of pyridine rings is 2. The molecule has 3 N–H and O–H groups in total. The van der Waals surface area contributed by atoms with E-state index in [4.69, 9.17) is 27.2 Å². The Hall–Kier alpha value is -4.18. The van der Waals surface area contributed by atoms with E-state index in [1.165, 1.54) is 0 Å². The molecule has 0 radical (unpaired) electrons. The minimum absolute atomic E-state index is 0.0970. The highest BCUT2D eigenvalue weighted by atomic mass is 35.5. The lowest BCUT2D eigenvalue weighted by Gasteiger charge is -2.34.